The molecule has 0 radical (unpaired) electrons. The van der Waals surface area contributed by atoms with Crippen LogP contribution in [0.2, 0.25) is 0 Å². The van der Waals surface area contributed by atoms with Gasteiger partial charge in [0.05, 0.1) is 23.7 Å². The van der Waals surface area contributed by atoms with Crippen molar-refractivity contribution < 1.29 is 15.3 Å². The van der Waals surface area contributed by atoms with Gasteiger partial charge < -0.3 is 20.6 Å². The first kappa shape index (κ1) is 19.2. The van der Waals surface area contributed by atoms with Gasteiger partial charge in [-0.1, -0.05) is 18.1 Å². The van der Waals surface area contributed by atoms with Crippen molar-refractivity contribution in [1.29, 1.82) is 0 Å². The Hall–Kier alpha value is -1.16. The van der Waals surface area contributed by atoms with Crippen LogP contribution in [0.15, 0.2) is 23.3 Å². The number of aliphatic hydroxyl groups is 3. The third-order valence-electron chi connectivity index (χ3n) is 7.59. The van der Waals surface area contributed by atoms with Crippen molar-refractivity contribution in [1.82, 2.24) is 10.2 Å². The Labute approximate surface area is 162 Å². The Kier molecular flexibility index (Phi) is 4.99. The molecule has 5 nitrogen and oxygen atoms in total. The van der Waals surface area contributed by atoms with Gasteiger partial charge in [0.25, 0.3) is 0 Å². The molecule has 2 bridgehead atoms. The molecule has 0 spiro atoms. The number of likely N-dealkylation sites (N-methyl/N-ethyl adjacent to an activating group) is 1. The maximum atomic E-state index is 12.1. The molecule has 4 rings (SSSR count). The van der Waals surface area contributed by atoms with Crippen LogP contribution in [-0.2, 0) is 0 Å². The first-order valence-corrected chi connectivity index (χ1v) is 10.3. The lowest BCUT2D eigenvalue weighted by Crippen LogP contribution is -2.76. The third kappa shape index (κ3) is 2.73. The minimum Gasteiger partial charge on any atom is -0.392 e. The van der Waals surface area contributed by atoms with Gasteiger partial charge in [-0.25, -0.2) is 0 Å². The summed E-state index contributed by atoms with van der Waals surface area (Å²) < 4.78 is 0. The summed E-state index contributed by atoms with van der Waals surface area (Å²) in [7, 11) is 1.86. The predicted molar refractivity (Wildman–Crippen MR) is 105 cm³/mol. The number of piperidine rings is 1. The molecule has 1 unspecified atom stereocenters. The molecule has 3 aliphatic carbocycles. The zero-order chi connectivity index (χ0) is 19.2. The van der Waals surface area contributed by atoms with Gasteiger partial charge in [0.2, 0.25) is 0 Å². The Morgan fingerprint density at radius 2 is 2.11 bits per heavy atom. The molecule has 1 saturated heterocycles. The molecule has 1 aliphatic heterocycles. The van der Waals surface area contributed by atoms with Crippen molar-refractivity contribution in [3.8, 4) is 12.3 Å². The fourth-order valence-electron chi connectivity index (χ4n) is 6.07. The van der Waals surface area contributed by atoms with E-state index in [4.69, 9.17) is 6.42 Å². The number of rotatable bonds is 5. The van der Waals surface area contributed by atoms with E-state index in [2.05, 4.69) is 16.1 Å². The van der Waals surface area contributed by atoms with Crippen LogP contribution in [0.5, 0.6) is 0 Å². The summed E-state index contributed by atoms with van der Waals surface area (Å²) >= 11 is 0. The second-order valence-corrected chi connectivity index (χ2v) is 8.81. The molecular weight excluding hydrogens is 340 g/mol. The number of likely N-dealkylation sites (tertiary alicyclic amines) is 1. The summed E-state index contributed by atoms with van der Waals surface area (Å²) in [4.78, 5) is 2.45. The van der Waals surface area contributed by atoms with Gasteiger partial charge >= 0.3 is 0 Å². The highest BCUT2D eigenvalue weighted by Gasteiger charge is 2.68. The summed E-state index contributed by atoms with van der Waals surface area (Å²) in [5, 5.41) is 36.0. The van der Waals surface area contributed by atoms with Crippen molar-refractivity contribution in [2.24, 2.45) is 11.3 Å². The molecule has 4 N–H and O–H groups in total. The SMILES string of the molecule is C#CC1=C(/C=C\CO)CC2N(CC3CC3)CC[C@]13[C@H](O)[C@H](NC)CC[C@]23O. The zero-order valence-electron chi connectivity index (χ0n) is 16.2. The molecule has 27 heavy (non-hydrogen) atoms. The van der Waals surface area contributed by atoms with E-state index in [1.807, 2.05) is 13.1 Å². The quantitative estimate of drug-likeness (QED) is 0.538. The first-order valence-electron chi connectivity index (χ1n) is 10.3. The van der Waals surface area contributed by atoms with Gasteiger partial charge in [0.1, 0.15) is 0 Å². The molecule has 0 aromatic rings. The lowest BCUT2D eigenvalue weighted by molar-refractivity contribution is -0.226. The molecule has 1 heterocycles. The number of nitrogens with one attached hydrogen (secondary N) is 1. The molecule has 2 saturated carbocycles. The van der Waals surface area contributed by atoms with E-state index in [1.54, 1.807) is 6.08 Å². The lowest BCUT2D eigenvalue weighted by Gasteiger charge is -2.66. The summed E-state index contributed by atoms with van der Waals surface area (Å²) in [6, 6.07) is -0.111. The van der Waals surface area contributed by atoms with Crippen molar-refractivity contribution >= 4 is 0 Å². The second kappa shape index (κ2) is 7.02. The number of allylic oxidation sites excluding steroid dienone is 1. The molecule has 4 aliphatic rings. The second-order valence-electron chi connectivity index (χ2n) is 8.81. The van der Waals surface area contributed by atoms with Crippen molar-refractivity contribution in [2.75, 3.05) is 26.7 Å². The van der Waals surface area contributed by atoms with E-state index in [0.29, 0.717) is 19.3 Å². The van der Waals surface area contributed by atoms with Gasteiger partial charge in [0, 0.05) is 24.2 Å². The van der Waals surface area contributed by atoms with Crippen LogP contribution in [0.3, 0.4) is 0 Å². The number of hydrogen-bond acceptors (Lipinski definition) is 5. The molecule has 0 aromatic heterocycles. The van der Waals surface area contributed by atoms with Crippen LogP contribution in [0, 0.1) is 23.7 Å². The highest BCUT2D eigenvalue weighted by Crippen LogP contribution is 2.61. The van der Waals surface area contributed by atoms with Gasteiger partial charge in [0.15, 0.2) is 0 Å². The number of aliphatic hydroxyl groups excluding tert-OH is 2. The molecule has 0 aromatic carbocycles. The summed E-state index contributed by atoms with van der Waals surface area (Å²) in [6.07, 6.45) is 14.1. The molecule has 3 fully saturated rings. The van der Waals surface area contributed by atoms with Crippen LogP contribution < -0.4 is 5.32 Å². The Bertz CT molecular complexity index is 692. The molecular formula is C22H32N2O3. The molecule has 0 amide bonds. The zero-order valence-corrected chi connectivity index (χ0v) is 16.2. The monoisotopic (exact) mass is 372 g/mol. The first-order chi connectivity index (χ1) is 13.0. The predicted octanol–water partition coefficient (Wildman–Crippen LogP) is 0.813. The van der Waals surface area contributed by atoms with Crippen molar-refractivity contribution in [3.63, 3.8) is 0 Å². The smallest absolute Gasteiger partial charge is 0.0934 e. The standard InChI is InChI=1S/C22H32N2O3/c1-3-17-16(5-4-12-25)13-19-22(27)9-8-18(23-2)20(26)21(17,22)10-11-24(19)14-15-6-7-15/h1,4-5,15,18-20,23,25-27H,6-14H2,2H3/b5-4-/t18-,19?,20-,21-,22+/m1/s1. The topological polar surface area (TPSA) is 76.0 Å². The summed E-state index contributed by atoms with van der Waals surface area (Å²) in [5.74, 6) is 3.60. The van der Waals surface area contributed by atoms with E-state index < -0.39 is 17.1 Å². The Balaban J connectivity index is 1.84. The molecule has 5 atom stereocenters. The fourth-order valence-corrected chi connectivity index (χ4v) is 6.07. The Morgan fingerprint density at radius 1 is 1.33 bits per heavy atom. The largest absolute Gasteiger partial charge is 0.392 e. The van der Waals surface area contributed by atoms with Crippen molar-refractivity contribution in [3.05, 3.63) is 23.3 Å². The number of nitrogens with zero attached hydrogens (tertiary/aromatic N) is 1. The minimum atomic E-state index is -1.01. The van der Waals surface area contributed by atoms with Gasteiger partial charge in [-0.2, -0.15) is 0 Å². The van der Waals surface area contributed by atoms with Gasteiger partial charge in [-0.05, 0) is 63.6 Å². The van der Waals surface area contributed by atoms with Crippen LogP contribution >= 0.6 is 0 Å². The van der Waals surface area contributed by atoms with Crippen LogP contribution in [0.1, 0.15) is 38.5 Å². The van der Waals surface area contributed by atoms with E-state index in [-0.39, 0.29) is 18.7 Å². The van der Waals surface area contributed by atoms with Crippen LogP contribution in [0.25, 0.3) is 0 Å². The normalized spacial score (nSPS) is 42.3. The highest BCUT2D eigenvalue weighted by atomic mass is 16.3. The minimum absolute atomic E-state index is 0.0326. The molecule has 148 valence electrons. The van der Waals surface area contributed by atoms with E-state index in [1.165, 1.54) is 12.8 Å². The van der Waals surface area contributed by atoms with Crippen molar-refractivity contribution in [2.45, 2.75) is 62.3 Å². The van der Waals surface area contributed by atoms with E-state index in [9.17, 15) is 15.3 Å². The van der Waals surface area contributed by atoms with Gasteiger partial charge in [-0.3, -0.25) is 4.90 Å². The average molecular weight is 373 g/mol. The van der Waals surface area contributed by atoms with E-state index >= 15 is 0 Å². The average Bonchev–Trinajstić information content (AvgIpc) is 3.47. The van der Waals surface area contributed by atoms with E-state index in [0.717, 1.165) is 36.6 Å². The highest BCUT2D eigenvalue weighted by molar-refractivity contribution is 5.51. The molecule has 5 heteroatoms. The maximum absolute atomic E-state index is 12.1. The summed E-state index contributed by atoms with van der Waals surface area (Å²) in [5.41, 5.74) is -0.0984. The number of terminal acetylenes is 1. The Morgan fingerprint density at radius 3 is 2.74 bits per heavy atom. The lowest BCUT2D eigenvalue weighted by atomic mass is 9.47. The maximum Gasteiger partial charge on any atom is 0.0934 e. The third-order valence-corrected chi connectivity index (χ3v) is 7.59. The number of hydrogen-bond donors (Lipinski definition) is 4. The van der Waals surface area contributed by atoms with Crippen LogP contribution in [0.4, 0.5) is 0 Å². The summed E-state index contributed by atoms with van der Waals surface area (Å²) in [6.45, 7) is 1.84. The van der Waals surface area contributed by atoms with Crippen LogP contribution in [-0.4, -0.2) is 70.8 Å². The fraction of sp³-hybridized carbons (Fsp3) is 0.727. The van der Waals surface area contributed by atoms with Gasteiger partial charge in [-0.15, -0.1) is 6.42 Å².